The first kappa shape index (κ1) is 17.1. The van der Waals surface area contributed by atoms with Gasteiger partial charge in [0.1, 0.15) is 29.1 Å². The fourth-order valence-electron chi connectivity index (χ4n) is 2.67. The average Bonchev–Trinajstić information content (AvgIpc) is 3.10. The van der Waals surface area contributed by atoms with Crippen LogP contribution in [0.15, 0.2) is 64.3 Å². The third-order valence-electron chi connectivity index (χ3n) is 3.91. The summed E-state index contributed by atoms with van der Waals surface area (Å²) in [6, 6.07) is 16.7. The molecule has 0 atom stereocenters. The van der Waals surface area contributed by atoms with E-state index in [1.54, 1.807) is 18.2 Å². The first-order valence-electron chi connectivity index (χ1n) is 8.14. The molecule has 0 aliphatic rings. The Bertz CT molecular complexity index is 1180. The number of aromatic nitrogens is 2. The van der Waals surface area contributed by atoms with Crippen LogP contribution >= 0.6 is 11.8 Å². The molecule has 0 saturated heterocycles. The molecule has 132 valence electrons. The van der Waals surface area contributed by atoms with Gasteiger partial charge in [-0.3, -0.25) is 4.79 Å². The molecule has 7 heteroatoms. The van der Waals surface area contributed by atoms with Crippen LogP contribution in [-0.2, 0) is 16.1 Å². The number of rotatable bonds is 5. The van der Waals surface area contributed by atoms with Gasteiger partial charge in [-0.2, -0.15) is 5.26 Å². The molecule has 2 heterocycles. The molecule has 4 aromatic rings. The lowest BCUT2D eigenvalue weighted by atomic mass is 10.1. The van der Waals surface area contributed by atoms with E-state index in [0.717, 1.165) is 22.0 Å². The third-order valence-corrected chi connectivity index (χ3v) is 4.85. The molecule has 0 saturated carbocycles. The van der Waals surface area contributed by atoms with Crippen LogP contribution in [0.25, 0.3) is 22.1 Å². The lowest BCUT2D eigenvalue weighted by Crippen LogP contribution is -2.07. The van der Waals surface area contributed by atoms with Gasteiger partial charge in [-0.15, -0.1) is 0 Å². The maximum Gasteiger partial charge on any atom is 0.316 e. The van der Waals surface area contributed by atoms with E-state index in [4.69, 9.17) is 14.4 Å². The second kappa shape index (κ2) is 7.48. The molecule has 0 radical (unpaired) electrons. The summed E-state index contributed by atoms with van der Waals surface area (Å²) in [5.41, 5.74) is 3.33. The summed E-state index contributed by atoms with van der Waals surface area (Å²) < 4.78 is 11.1. The Hall–Kier alpha value is -3.37. The van der Waals surface area contributed by atoms with Crippen LogP contribution < -0.4 is 0 Å². The number of carbonyl (C=O) groups is 1. The van der Waals surface area contributed by atoms with Crippen LogP contribution in [0.2, 0.25) is 0 Å². The highest BCUT2D eigenvalue weighted by atomic mass is 32.2. The van der Waals surface area contributed by atoms with E-state index in [1.807, 2.05) is 30.3 Å². The van der Waals surface area contributed by atoms with Crippen LogP contribution in [-0.4, -0.2) is 21.7 Å². The largest absolute Gasteiger partial charge is 0.460 e. The smallest absolute Gasteiger partial charge is 0.316 e. The van der Waals surface area contributed by atoms with Crippen molar-refractivity contribution in [1.29, 1.82) is 5.26 Å². The van der Waals surface area contributed by atoms with Crippen molar-refractivity contribution >= 4 is 39.8 Å². The monoisotopic (exact) mass is 375 g/mol. The Kier molecular flexibility index (Phi) is 4.73. The van der Waals surface area contributed by atoms with Crippen molar-refractivity contribution in [2.45, 2.75) is 11.6 Å². The van der Waals surface area contributed by atoms with Gasteiger partial charge in [0.25, 0.3) is 0 Å². The number of nitrogens with zero attached hydrogens (tertiary/aromatic N) is 3. The first-order valence-corrected chi connectivity index (χ1v) is 9.13. The van der Waals surface area contributed by atoms with E-state index in [9.17, 15) is 4.79 Å². The summed E-state index contributed by atoms with van der Waals surface area (Å²) in [7, 11) is 0. The lowest BCUT2D eigenvalue weighted by molar-refractivity contribution is -0.141. The summed E-state index contributed by atoms with van der Waals surface area (Å²) in [6.45, 7) is 0.124. The Morgan fingerprint density at radius 3 is 2.96 bits per heavy atom. The highest BCUT2D eigenvalue weighted by Gasteiger charge is 2.15. The lowest BCUT2D eigenvalue weighted by Gasteiger charge is -2.05. The van der Waals surface area contributed by atoms with Gasteiger partial charge in [0.05, 0.1) is 17.4 Å². The van der Waals surface area contributed by atoms with Gasteiger partial charge in [-0.25, -0.2) is 9.97 Å². The number of fused-ring (bicyclic) bond motifs is 3. The Morgan fingerprint density at radius 1 is 1.19 bits per heavy atom. The number of carbonyl (C=O) groups excluding carboxylic acids is 1. The number of thioether (sulfide) groups is 1. The van der Waals surface area contributed by atoms with Gasteiger partial charge in [0, 0.05) is 5.39 Å². The number of benzene rings is 2. The van der Waals surface area contributed by atoms with Crippen molar-refractivity contribution in [2.75, 3.05) is 5.75 Å². The maximum atomic E-state index is 12.1. The third kappa shape index (κ3) is 3.61. The highest BCUT2D eigenvalue weighted by Crippen LogP contribution is 2.32. The molecule has 4 rings (SSSR count). The van der Waals surface area contributed by atoms with Crippen LogP contribution in [0.4, 0.5) is 0 Å². The normalized spacial score (nSPS) is 10.8. The number of hydrogen-bond acceptors (Lipinski definition) is 7. The van der Waals surface area contributed by atoms with Crippen molar-refractivity contribution in [1.82, 2.24) is 9.97 Å². The molecular weight excluding hydrogens is 362 g/mol. The maximum absolute atomic E-state index is 12.1. The molecule has 0 N–H and O–H groups in total. The van der Waals surface area contributed by atoms with Gasteiger partial charge in [0.15, 0.2) is 5.58 Å². The molecule has 0 spiro atoms. The summed E-state index contributed by atoms with van der Waals surface area (Å²) in [4.78, 5) is 20.6. The standard InChI is InChI=1S/C20H13N3O3S/c21-9-13-4-3-5-14(8-13)10-25-17(24)11-27-20-19-18(22-12-23-20)15-6-1-2-7-16(15)26-19/h1-8,12H,10-11H2. The predicted octanol–water partition coefficient (Wildman–Crippen LogP) is 4.08. The average molecular weight is 375 g/mol. The molecule has 0 aliphatic heterocycles. The zero-order valence-corrected chi connectivity index (χ0v) is 14.9. The fourth-order valence-corrected chi connectivity index (χ4v) is 3.40. The molecule has 6 nitrogen and oxygen atoms in total. The predicted molar refractivity (Wildman–Crippen MR) is 101 cm³/mol. The van der Waals surface area contributed by atoms with Crippen LogP contribution in [0, 0.1) is 11.3 Å². The van der Waals surface area contributed by atoms with Gasteiger partial charge in [-0.1, -0.05) is 36.0 Å². The molecule has 0 unspecified atom stereocenters. The summed E-state index contributed by atoms with van der Waals surface area (Å²) in [5, 5.41) is 10.4. The van der Waals surface area contributed by atoms with Crippen molar-refractivity contribution in [3.05, 3.63) is 66.0 Å². The van der Waals surface area contributed by atoms with Crippen LogP contribution in [0.5, 0.6) is 0 Å². The van der Waals surface area contributed by atoms with Gasteiger partial charge in [0.2, 0.25) is 0 Å². The Morgan fingerprint density at radius 2 is 2.07 bits per heavy atom. The van der Waals surface area contributed by atoms with E-state index in [2.05, 4.69) is 16.0 Å². The molecule has 2 aromatic heterocycles. The zero-order chi connectivity index (χ0) is 18.6. The van der Waals surface area contributed by atoms with Crippen molar-refractivity contribution in [2.24, 2.45) is 0 Å². The minimum atomic E-state index is -0.370. The quantitative estimate of drug-likeness (QED) is 0.295. The van der Waals surface area contributed by atoms with Gasteiger partial charge in [-0.05, 0) is 29.8 Å². The molecular formula is C20H13N3O3S. The van der Waals surface area contributed by atoms with E-state index in [-0.39, 0.29) is 18.3 Å². The van der Waals surface area contributed by atoms with E-state index in [0.29, 0.717) is 16.2 Å². The molecule has 0 bridgehead atoms. The number of esters is 1. The molecule has 0 fully saturated rings. The second-order valence-electron chi connectivity index (χ2n) is 5.72. The fraction of sp³-hybridized carbons (Fsp3) is 0.100. The van der Waals surface area contributed by atoms with Crippen molar-refractivity contribution < 1.29 is 13.9 Å². The molecule has 2 aromatic carbocycles. The molecule has 0 amide bonds. The van der Waals surface area contributed by atoms with Gasteiger partial charge >= 0.3 is 5.97 Å². The van der Waals surface area contributed by atoms with Crippen LogP contribution in [0.3, 0.4) is 0 Å². The number of ether oxygens (including phenoxy) is 1. The van der Waals surface area contributed by atoms with E-state index >= 15 is 0 Å². The zero-order valence-electron chi connectivity index (χ0n) is 14.1. The first-order chi connectivity index (χ1) is 13.2. The number of para-hydroxylation sites is 1. The molecule has 0 aliphatic carbocycles. The number of nitriles is 1. The summed E-state index contributed by atoms with van der Waals surface area (Å²) in [6.07, 6.45) is 1.46. The Balaban J connectivity index is 1.44. The molecule has 27 heavy (non-hydrogen) atoms. The second-order valence-corrected chi connectivity index (χ2v) is 6.68. The van der Waals surface area contributed by atoms with Gasteiger partial charge < -0.3 is 9.15 Å². The number of furan rings is 1. The summed E-state index contributed by atoms with van der Waals surface area (Å²) in [5.74, 6) is -0.272. The SMILES string of the molecule is N#Cc1cccc(COC(=O)CSc2ncnc3c2oc2ccccc23)c1. The minimum absolute atomic E-state index is 0.0983. The van der Waals surface area contributed by atoms with Crippen molar-refractivity contribution in [3.8, 4) is 6.07 Å². The van der Waals surface area contributed by atoms with E-state index < -0.39 is 0 Å². The topological polar surface area (TPSA) is 89.0 Å². The number of hydrogen-bond donors (Lipinski definition) is 0. The Labute approximate surface area is 158 Å². The van der Waals surface area contributed by atoms with Crippen LogP contribution in [0.1, 0.15) is 11.1 Å². The minimum Gasteiger partial charge on any atom is -0.460 e. The van der Waals surface area contributed by atoms with Crippen molar-refractivity contribution in [3.63, 3.8) is 0 Å². The van der Waals surface area contributed by atoms with E-state index in [1.165, 1.54) is 18.1 Å². The summed E-state index contributed by atoms with van der Waals surface area (Å²) >= 11 is 1.24. The highest BCUT2D eigenvalue weighted by molar-refractivity contribution is 8.00.